The van der Waals surface area contributed by atoms with E-state index in [0.29, 0.717) is 0 Å². The number of carbonyl (C=O) groups excluding carboxylic acids is 1. The SMILES string of the molecule is COC(=O)c1cc(OC)c(OC)c(OC)c1NS(=O)(=O)c1ccc(C(C)C)cc1. The van der Waals surface area contributed by atoms with Crippen molar-refractivity contribution in [1.82, 2.24) is 0 Å². The average molecular weight is 423 g/mol. The Hall–Kier alpha value is -2.94. The highest BCUT2D eigenvalue weighted by atomic mass is 32.2. The van der Waals surface area contributed by atoms with E-state index < -0.39 is 16.0 Å². The Morgan fingerprint density at radius 3 is 1.97 bits per heavy atom. The molecular formula is C20H25NO7S. The van der Waals surface area contributed by atoms with Gasteiger partial charge in [0.15, 0.2) is 11.5 Å². The van der Waals surface area contributed by atoms with Gasteiger partial charge in [0.05, 0.1) is 38.9 Å². The molecule has 1 N–H and O–H groups in total. The normalized spacial score (nSPS) is 11.1. The van der Waals surface area contributed by atoms with Crippen molar-refractivity contribution in [3.8, 4) is 17.2 Å². The van der Waals surface area contributed by atoms with Crippen molar-refractivity contribution in [2.75, 3.05) is 33.2 Å². The van der Waals surface area contributed by atoms with Crippen molar-refractivity contribution in [3.05, 3.63) is 41.5 Å². The highest BCUT2D eigenvalue weighted by molar-refractivity contribution is 7.92. The van der Waals surface area contributed by atoms with Crippen LogP contribution < -0.4 is 18.9 Å². The first-order valence-electron chi connectivity index (χ1n) is 8.74. The Labute approximate surface area is 170 Å². The van der Waals surface area contributed by atoms with Crippen LogP contribution in [0, 0.1) is 0 Å². The maximum absolute atomic E-state index is 13.0. The van der Waals surface area contributed by atoms with Gasteiger partial charge in [0.1, 0.15) is 5.69 Å². The minimum Gasteiger partial charge on any atom is -0.493 e. The molecule has 2 aromatic carbocycles. The molecule has 8 nitrogen and oxygen atoms in total. The van der Waals surface area contributed by atoms with Gasteiger partial charge >= 0.3 is 5.97 Å². The summed E-state index contributed by atoms with van der Waals surface area (Å²) in [7, 11) is 1.25. The molecule has 0 heterocycles. The second kappa shape index (κ2) is 9.04. The van der Waals surface area contributed by atoms with Gasteiger partial charge < -0.3 is 18.9 Å². The van der Waals surface area contributed by atoms with Crippen molar-refractivity contribution in [2.45, 2.75) is 24.7 Å². The zero-order valence-corrected chi connectivity index (χ0v) is 18.0. The number of ether oxygens (including phenoxy) is 4. The largest absolute Gasteiger partial charge is 0.493 e. The topological polar surface area (TPSA) is 100 Å². The number of hydrogen-bond donors (Lipinski definition) is 1. The van der Waals surface area contributed by atoms with Gasteiger partial charge in [-0.15, -0.1) is 0 Å². The predicted molar refractivity (Wildman–Crippen MR) is 109 cm³/mol. The number of carbonyl (C=O) groups is 1. The fourth-order valence-corrected chi connectivity index (χ4v) is 3.84. The predicted octanol–water partition coefficient (Wildman–Crippen LogP) is 3.42. The molecule has 0 saturated carbocycles. The Morgan fingerprint density at radius 2 is 1.52 bits per heavy atom. The molecule has 0 unspecified atom stereocenters. The van der Waals surface area contributed by atoms with Gasteiger partial charge in [-0.05, 0) is 23.6 Å². The summed E-state index contributed by atoms with van der Waals surface area (Å²) in [5, 5.41) is 0. The molecule has 0 aliphatic carbocycles. The van der Waals surface area contributed by atoms with E-state index in [-0.39, 0.29) is 39.3 Å². The summed E-state index contributed by atoms with van der Waals surface area (Å²) in [4.78, 5) is 12.3. The van der Waals surface area contributed by atoms with Crippen LogP contribution in [0.25, 0.3) is 0 Å². The maximum atomic E-state index is 13.0. The first-order valence-corrected chi connectivity index (χ1v) is 10.2. The van der Waals surface area contributed by atoms with Gasteiger partial charge in [0.2, 0.25) is 5.75 Å². The third-order valence-electron chi connectivity index (χ3n) is 4.33. The molecule has 0 fully saturated rings. The lowest BCUT2D eigenvalue weighted by Crippen LogP contribution is -2.17. The Balaban J connectivity index is 2.64. The second-order valence-electron chi connectivity index (χ2n) is 6.39. The summed E-state index contributed by atoms with van der Waals surface area (Å²) < 4.78 is 49.0. The quantitative estimate of drug-likeness (QED) is 0.649. The number of esters is 1. The minimum absolute atomic E-state index is 0.00498. The summed E-state index contributed by atoms with van der Waals surface area (Å²) >= 11 is 0. The van der Waals surface area contributed by atoms with Gasteiger partial charge in [0, 0.05) is 6.07 Å². The van der Waals surface area contributed by atoms with Crippen molar-refractivity contribution in [2.24, 2.45) is 0 Å². The van der Waals surface area contributed by atoms with Gasteiger partial charge in [-0.3, -0.25) is 4.72 Å². The molecule has 0 aromatic heterocycles. The third kappa shape index (κ3) is 4.56. The Morgan fingerprint density at radius 1 is 0.931 bits per heavy atom. The Kier molecular flexibility index (Phi) is 6.97. The zero-order chi connectivity index (χ0) is 21.8. The fourth-order valence-electron chi connectivity index (χ4n) is 2.75. The molecule has 0 saturated heterocycles. The standard InChI is InChI=1S/C20H25NO7S/c1-12(2)13-7-9-14(10-8-13)29(23,24)21-17-15(20(22)28-6)11-16(25-3)18(26-4)19(17)27-5/h7-12,21H,1-6H3. The molecule has 0 amide bonds. The molecule has 9 heteroatoms. The van der Waals surface area contributed by atoms with E-state index >= 15 is 0 Å². The van der Waals surface area contributed by atoms with Crippen LogP contribution in [0.2, 0.25) is 0 Å². The average Bonchev–Trinajstić information content (AvgIpc) is 2.72. The summed E-state index contributed by atoms with van der Waals surface area (Å²) in [6, 6.07) is 7.82. The molecule has 2 rings (SSSR count). The monoisotopic (exact) mass is 423 g/mol. The molecule has 0 atom stereocenters. The first kappa shape index (κ1) is 22.4. The van der Waals surface area contributed by atoms with Crippen molar-refractivity contribution >= 4 is 21.7 Å². The van der Waals surface area contributed by atoms with Gasteiger partial charge in [0.25, 0.3) is 10.0 Å². The number of methoxy groups -OCH3 is 4. The summed E-state index contributed by atoms with van der Waals surface area (Å²) in [5.74, 6) is -0.187. The van der Waals surface area contributed by atoms with Crippen LogP contribution in [-0.2, 0) is 14.8 Å². The number of anilines is 1. The molecule has 0 spiro atoms. The smallest absolute Gasteiger partial charge is 0.340 e. The lowest BCUT2D eigenvalue weighted by Gasteiger charge is -2.19. The second-order valence-corrected chi connectivity index (χ2v) is 8.07. The molecule has 0 radical (unpaired) electrons. The molecule has 0 bridgehead atoms. The van der Waals surface area contributed by atoms with Crippen LogP contribution in [0.3, 0.4) is 0 Å². The summed E-state index contributed by atoms with van der Waals surface area (Å²) in [5.41, 5.74) is 0.817. The van der Waals surface area contributed by atoms with Gasteiger partial charge in [-0.1, -0.05) is 26.0 Å². The Bertz CT molecular complexity index is 983. The fraction of sp³-hybridized carbons (Fsp3) is 0.350. The minimum atomic E-state index is -4.03. The molecular weight excluding hydrogens is 398 g/mol. The highest BCUT2D eigenvalue weighted by Crippen LogP contribution is 2.46. The van der Waals surface area contributed by atoms with E-state index in [1.54, 1.807) is 12.1 Å². The first-order chi connectivity index (χ1) is 13.7. The number of benzene rings is 2. The van der Waals surface area contributed by atoms with E-state index in [2.05, 4.69) is 4.72 Å². The highest BCUT2D eigenvalue weighted by Gasteiger charge is 2.28. The van der Waals surface area contributed by atoms with E-state index in [1.807, 2.05) is 13.8 Å². The lowest BCUT2D eigenvalue weighted by molar-refractivity contribution is 0.0601. The van der Waals surface area contributed by atoms with Crippen LogP contribution in [-0.4, -0.2) is 42.8 Å². The third-order valence-corrected chi connectivity index (χ3v) is 5.69. The number of hydrogen-bond acceptors (Lipinski definition) is 7. The molecule has 158 valence electrons. The van der Waals surface area contributed by atoms with Crippen LogP contribution in [0.15, 0.2) is 35.2 Å². The number of rotatable bonds is 8. The summed E-state index contributed by atoms with van der Waals surface area (Å²) in [6.45, 7) is 4.03. The molecule has 2 aromatic rings. The van der Waals surface area contributed by atoms with Crippen molar-refractivity contribution in [1.29, 1.82) is 0 Å². The van der Waals surface area contributed by atoms with Crippen molar-refractivity contribution < 1.29 is 32.2 Å². The summed E-state index contributed by atoms with van der Waals surface area (Å²) in [6.07, 6.45) is 0. The maximum Gasteiger partial charge on any atom is 0.340 e. The van der Waals surface area contributed by atoms with Crippen LogP contribution >= 0.6 is 0 Å². The lowest BCUT2D eigenvalue weighted by atomic mass is 10.0. The van der Waals surface area contributed by atoms with Crippen LogP contribution in [0.4, 0.5) is 5.69 Å². The van der Waals surface area contributed by atoms with Gasteiger partial charge in [-0.25, -0.2) is 13.2 Å². The molecule has 0 aliphatic heterocycles. The van der Waals surface area contributed by atoms with E-state index in [4.69, 9.17) is 18.9 Å². The molecule has 29 heavy (non-hydrogen) atoms. The van der Waals surface area contributed by atoms with E-state index in [0.717, 1.165) is 5.56 Å². The van der Waals surface area contributed by atoms with Crippen LogP contribution in [0.1, 0.15) is 35.7 Å². The van der Waals surface area contributed by atoms with Crippen LogP contribution in [0.5, 0.6) is 17.2 Å². The van der Waals surface area contributed by atoms with E-state index in [1.165, 1.54) is 46.6 Å². The number of nitrogens with one attached hydrogen (secondary N) is 1. The van der Waals surface area contributed by atoms with Crippen molar-refractivity contribution in [3.63, 3.8) is 0 Å². The molecule has 0 aliphatic rings. The van der Waals surface area contributed by atoms with E-state index in [9.17, 15) is 13.2 Å². The van der Waals surface area contributed by atoms with Gasteiger partial charge in [-0.2, -0.15) is 0 Å². The zero-order valence-electron chi connectivity index (χ0n) is 17.2. The number of sulfonamides is 1.